The van der Waals surface area contributed by atoms with E-state index in [1.165, 1.54) is 32.1 Å². The average Bonchev–Trinajstić information content (AvgIpc) is 2.22. The first-order chi connectivity index (χ1) is 6.85. The van der Waals surface area contributed by atoms with Crippen molar-refractivity contribution in [3.8, 4) is 0 Å². The number of hydrogen-bond donors (Lipinski definition) is 0. The molecule has 0 spiro atoms. The van der Waals surface area contributed by atoms with Crippen molar-refractivity contribution in [2.45, 2.75) is 52.9 Å². The van der Waals surface area contributed by atoms with Crippen molar-refractivity contribution in [3.05, 3.63) is 12.2 Å². The summed E-state index contributed by atoms with van der Waals surface area (Å²) in [6, 6.07) is 0. The fourth-order valence-corrected chi connectivity index (χ4v) is 1.51. The highest BCUT2D eigenvalue weighted by molar-refractivity contribution is 4.84. The molecule has 0 heterocycles. The highest BCUT2D eigenvalue weighted by Gasteiger charge is 1.92. The Morgan fingerprint density at radius 2 is 1.57 bits per heavy atom. The van der Waals surface area contributed by atoms with Gasteiger partial charge in [-0.2, -0.15) is 0 Å². The quantitative estimate of drug-likeness (QED) is 0.401. The Morgan fingerprint density at radius 1 is 0.857 bits per heavy atom. The minimum atomic E-state index is 1.13. The maximum absolute atomic E-state index is 2.43. The number of likely N-dealkylation sites (N-methyl/N-ethyl adjacent to an activating group) is 1. The van der Waals surface area contributed by atoms with Gasteiger partial charge in [0.15, 0.2) is 0 Å². The lowest BCUT2D eigenvalue weighted by atomic mass is 10.1. The number of rotatable bonds is 9. The average molecular weight is 197 g/mol. The molecule has 0 saturated carbocycles. The van der Waals surface area contributed by atoms with E-state index in [1.807, 2.05) is 0 Å². The van der Waals surface area contributed by atoms with Gasteiger partial charge in [-0.25, -0.2) is 0 Å². The highest BCUT2D eigenvalue weighted by atomic mass is 15.1. The Morgan fingerprint density at radius 3 is 2.14 bits per heavy atom. The molecule has 0 aliphatic carbocycles. The fraction of sp³-hybridized carbons (Fsp3) is 0.846. The first-order valence-corrected chi connectivity index (χ1v) is 6.22. The van der Waals surface area contributed by atoms with Crippen molar-refractivity contribution in [3.63, 3.8) is 0 Å². The van der Waals surface area contributed by atoms with Crippen molar-refractivity contribution < 1.29 is 0 Å². The Balaban J connectivity index is 3.25. The lowest BCUT2D eigenvalue weighted by Crippen LogP contribution is -2.22. The van der Waals surface area contributed by atoms with E-state index in [2.05, 4.69) is 37.8 Å². The molecule has 0 rings (SSSR count). The summed E-state index contributed by atoms with van der Waals surface area (Å²) < 4.78 is 0. The maximum atomic E-state index is 2.43. The molecule has 0 aliphatic heterocycles. The van der Waals surface area contributed by atoms with E-state index in [9.17, 15) is 0 Å². The number of allylic oxidation sites excluding steroid dienone is 1. The molecule has 0 aromatic carbocycles. The van der Waals surface area contributed by atoms with Crippen molar-refractivity contribution in [1.29, 1.82) is 0 Å². The van der Waals surface area contributed by atoms with Crippen LogP contribution in [-0.2, 0) is 0 Å². The molecule has 0 bridgehead atoms. The van der Waals surface area contributed by atoms with Crippen LogP contribution in [0.2, 0.25) is 0 Å². The molecule has 84 valence electrons. The van der Waals surface area contributed by atoms with Crippen LogP contribution in [0.25, 0.3) is 0 Å². The molecule has 0 aromatic rings. The van der Waals surface area contributed by atoms with Gasteiger partial charge < -0.3 is 4.90 Å². The van der Waals surface area contributed by atoms with E-state index < -0.39 is 0 Å². The normalized spacial score (nSPS) is 11.7. The van der Waals surface area contributed by atoms with E-state index in [1.54, 1.807) is 0 Å². The third kappa shape index (κ3) is 8.31. The van der Waals surface area contributed by atoms with Gasteiger partial charge >= 0.3 is 0 Å². The molecule has 0 aromatic heterocycles. The van der Waals surface area contributed by atoms with Gasteiger partial charge in [-0.1, -0.05) is 52.2 Å². The standard InChI is InChI=1S/C13H27N/c1-4-7-8-9-10-11-12-13-14(5-2)6-3/h11-12H,4-10,13H2,1-3H3. The van der Waals surface area contributed by atoms with Gasteiger partial charge in [-0.15, -0.1) is 0 Å². The molecule has 0 aliphatic rings. The monoisotopic (exact) mass is 197 g/mol. The summed E-state index contributed by atoms with van der Waals surface area (Å²) in [5.41, 5.74) is 0. The highest BCUT2D eigenvalue weighted by Crippen LogP contribution is 2.02. The molecule has 1 nitrogen and oxygen atoms in total. The molecule has 14 heavy (non-hydrogen) atoms. The van der Waals surface area contributed by atoms with Crippen molar-refractivity contribution in [2.24, 2.45) is 0 Å². The smallest absolute Gasteiger partial charge is 0.0162 e. The predicted octanol–water partition coefficient (Wildman–Crippen LogP) is 3.85. The van der Waals surface area contributed by atoms with Crippen LogP contribution in [0.5, 0.6) is 0 Å². The van der Waals surface area contributed by atoms with Crippen LogP contribution in [-0.4, -0.2) is 24.5 Å². The number of hydrogen-bond acceptors (Lipinski definition) is 1. The molecule has 0 saturated heterocycles. The summed E-state index contributed by atoms with van der Waals surface area (Å²) in [5, 5.41) is 0. The third-order valence-electron chi connectivity index (χ3n) is 2.65. The second-order valence-electron chi connectivity index (χ2n) is 3.81. The molecule has 0 amide bonds. The second-order valence-corrected chi connectivity index (χ2v) is 3.81. The van der Waals surface area contributed by atoms with Gasteiger partial charge in [-0.3, -0.25) is 0 Å². The van der Waals surface area contributed by atoms with Crippen molar-refractivity contribution >= 4 is 0 Å². The topological polar surface area (TPSA) is 3.24 Å². The SMILES string of the molecule is CCCCCCC=CCN(CC)CC. The van der Waals surface area contributed by atoms with Gasteiger partial charge in [0.1, 0.15) is 0 Å². The third-order valence-corrected chi connectivity index (χ3v) is 2.65. The first-order valence-electron chi connectivity index (χ1n) is 6.22. The van der Waals surface area contributed by atoms with Gasteiger partial charge in [0.2, 0.25) is 0 Å². The summed E-state index contributed by atoms with van der Waals surface area (Å²) in [5.74, 6) is 0. The van der Waals surface area contributed by atoms with Crippen molar-refractivity contribution in [1.82, 2.24) is 4.90 Å². The zero-order chi connectivity index (χ0) is 10.6. The minimum Gasteiger partial charge on any atom is -0.300 e. The molecule has 0 fully saturated rings. The van der Waals surface area contributed by atoms with Gasteiger partial charge in [-0.05, 0) is 25.9 Å². The summed E-state index contributed by atoms with van der Waals surface area (Å²) >= 11 is 0. The zero-order valence-corrected chi connectivity index (χ0v) is 10.3. The Hall–Kier alpha value is -0.300. The predicted molar refractivity (Wildman–Crippen MR) is 65.7 cm³/mol. The van der Waals surface area contributed by atoms with Crippen molar-refractivity contribution in [2.75, 3.05) is 19.6 Å². The van der Waals surface area contributed by atoms with Gasteiger partial charge in [0.25, 0.3) is 0 Å². The van der Waals surface area contributed by atoms with E-state index in [0.717, 1.165) is 19.6 Å². The van der Waals surface area contributed by atoms with Gasteiger partial charge in [0, 0.05) is 6.54 Å². The zero-order valence-electron chi connectivity index (χ0n) is 10.3. The van der Waals surface area contributed by atoms with E-state index in [4.69, 9.17) is 0 Å². The second kappa shape index (κ2) is 10.8. The van der Waals surface area contributed by atoms with Crippen LogP contribution in [0.4, 0.5) is 0 Å². The summed E-state index contributed by atoms with van der Waals surface area (Å²) in [6.07, 6.45) is 11.4. The Kier molecular flexibility index (Phi) is 10.5. The van der Waals surface area contributed by atoms with E-state index in [-0.39, 0.29) is 0 Å². The first kappa shape index (κ1) is 13.7. The van der Waals surface area contributed by atoms with Crippen LogP contribution in [0.15, 0.2) is 12.2 Å². The maximum Gasteiger partial charge on any atom is 0.0162 e. The minimum absolute atomic E-state index is 1.13. The Bertz CT molecular complexity index is 125. The Labute approximate surface area is 90.2 Å². The summed E-state index contributed by atoms with van der Waals surface area (Å²) in [6.45, 7) is 10.2. The van der Waals surface area contributed by atoms with Crippen LogP contribution < -0.4 is 0 Å². The van der Waals surface area contributed by atoms with Crippen LogP contribution >= 0.6 is 0 Å². The summed E-state index contributed by atoms with van der Waals surface area (Å²) in [7, 11) is 0. The van der Waals surface area contributed by atoms with Crippen LogP contribution in [0, 0.1) is 0 Å². The number of nitrogens with zero attached hydrogens (tertiary/aromatic N) is 1. The van der Waals surface area contributed by atoms with Crippen LogP contribution in [0.3, 0.4) is 0 Å². The molecule has 0 atom stereocenters. The number of unbranched alkanes of at least 4 members (excludes halogenated alkanes) is 4. The molecule has 0 radical (unpaired) electrons. The molecule has 0 unspecified atom stereocenters. The van der Waals surface area contributed by atoms with E-state index in [0.29, 0.717) is 0 Å². The van der Waals surface area contributed by atoms with E-state index >= 15 is 0 Å². The lowest BCUT2D eigenvalue weighted by molar-refractivity contribution is 0.337. The van der Waals surface area contributed by atoms with Crippen LogP contribution in [0.1, 0.15) is 52.9 Å². The largest absolute Gasteiger partial charge is 0.300 e. The fourth-order valence-electron chi connectivity index (χ4n) is 1.51. The molecule has 1 heteroatoms. The van der Waals surface area contributed by atoms with Gasteiger partial charge in [0.05, 0.1) is 0 Å². The molecular formula is C13H27N. The lowest BCUT2D eigenvalue weighted by Gasteiger charge is -2.14. The molecular weight excluding hydrogens is 170 g/mol. The molecule has 0 N–H and O–H groups in total. The summed E-state index contributed by atoms with van der Waals surface area (Å²) in [4.78, 5) is 2.43.